The molecule has 1 atom stereocenters. The molecule has 21 heavy (non-hydrogen) atoms. The number of nitrogens with zero attached hydrogens (tertiary/aromatic N) is 2. The third-order valence-electron chi connectivity index (χ3n) is 3.93. The highest BCUT2D eigenvalue weighted by atomic mass is 16.6. The van der Waals surface area contributed by atoms with Gasteiger partial charge in [-0.2, -0.15) is 4.98 Å². The monoisotopic (exact) mass is 289 g/mol. The minimum atomic E-state index is -0.560. The van der Waals surface area contributed by atoms with Gasteiger partial charge in [0.15, 0.2) is 17.3 Å². The summed E-state index contributed by atoms with van der Waals surface area (Å²) in [6.07, 6.45) is 1.08. The first-order valence-electron chi connectivity index (χ1n) is 7.17. The fraction of sp³-hybridized carbons (Fsp3) is 0.467. The molecule has 3 rings (SSSR count). The van der Waals surface area contributed by atoms with Crippen LogP contribution in [0.2, 0.25) is 0 Å². The van der Waals surface area contributed by atoms with Crippen LogP contribution in [0, 0.1) is 0 Å². The van der Waals surface area contributed by atoms with E-state index in [0.29, 0.717) is 24.1 Å². The topological polar surface area (TPSA) is 83.4 Å². The van der Waals surface area contributed by atoms with Gasteiger partial charge >= 0.3 is 0 Å². The van der Waals surface area contributed by atoms with Crippen LogP contribution < -0.4 is 15.2 Å². The Morgan fingerprint density at radius 2 is 1.95 bits per heavy atom. The second-order valence-electron chi connectivity index (χ2n) is 5.18. The minimum Gasteiger partial charge on any atom is -0.485 e. The summed E-state index contributed by atoms with van der Waals surface area (Å²) < 4.78 is 16.8. The van der Waals surface area contributed by atoms with Crippen molar-refractivity contribution >= 4 is 0 Å². The molecular weight excluding hydrogens is 270 g/mol. The number of nitrogens with two attached hydrogens (primary N) is 1. The van der Waals surface area contributed by atoms with Crippen LogP contribution in [0.3, 0.4) is 0 Å². The molecule has 0 bridgehead atoms. The van der Waals surface area contributed by atoms with Gasteiger partial charge in [0, 0.05) is 0 Å². The lowest BCUT2D eigenvalue weighted by Gasteiger charge is -2.24. The predicted molar refractivity (Wildman–Crippen MR) is 76.1 cm³/mol. The van der Waals surface area contributed by atoms with Crippen molar-refractivity contribution in [2.45, 2.75) is 38.3 Å². The molecule has 1 unspecified atom stereocenters. The minimum absolute atomic E-state index is 0.342. The van der Waals surface area contributed by atoms with E-state index in [2.05, 4.69) is 10.1 Å². The molecule has 2 aromatic rings. The Hall–Kier alpha value is -2.08. The van der Waals surface area contributed by atoms with Gasteiger partial charge in [0.25, 0.3) is 5.89 Å². The Morgan fingerprint density at radius 3 is 2.67 bits per heavy atom. The van der Waals surface area contributed by atoms with Crippen LogP contribution in [-0.2, 0) is 5.54 Å². The lowest BCUT2D eigenvalue weighted by molar-refractivity contribution is 0.0665. The molecule has 112 valence electrons. The normalized spacial score (nSPS) is 17.8. The fourth-order valence-corrected chi connectivity index (χ4v) is 2.28. The summed E-state index contributed by atoms with van der Waals surface area (Å²) >= 11 is 0. The van der Waals surface area contributed by atoms with E-state index in [4.69, 9.17) is 19.7 Å². The number of para-hydroxylation sites is 2. The molecule has 2 heterocycles. The van der Waals surface area contributed by atoms with Crippen LogP contribution in [0.15, 0.2) is 28.8 Å². The summed E-state index contributed by atoms with van der Waals surface area (Å²) in [7, 11) is 0. The van der Waals surface area contributed by atoms with Crippen LogP contribution in [0.5, 0.6) is 11.5 Å². The predicted octanol–water partition coefficient (Wildman–Crippen LogP) is 2.56. The van der Waals surface area contributed by atoms with Crippen LogP contribution in [0.4, 0.5) is 0 Å². The van der Waals surface area contributed by atoms with Crippen LogP contribution in [0.1, 0.15) is 44.5 Å². The van der Waals surface area contributed by atoms with E-state index in [1.165, 1.54) is 0 Å². The van der Waals surface area contributed by atoms with E-state index in [9.17, 15) is 0 Å². The quantitative estimate of drug-likeness (QED) is 0.931. The first-order valence-corrected chi connectivity index (χ1v) is 7.17. The van der Waals surface area contributed by atoms with Crippen molar-refractivity contribution in [3.05, 3.63) is 36.0 Å². The van der Waals surface area contributed by atoms with E-state index in [1.54, 1.807) is 0 Å². The van der Waals surface area contributed by atoms with Crippen LogP contribution in [-0.4, -0.2) is 16.7 Å². The number of hydrogen-bond acceptors (Lipinski definition) is 6. The van der Waals surface area contributed by atoms with Gasteiger partial charge in [0.2, 0.25) is 6.10 Å². The third kappa shape index (κ3) is 2.47. The van der Waals surface area contributed by atoms with Crippen molar-refractivity contribution in [1.29, 1.82) is 0 Å². The Morgan fingerprint density at radius 1 is 1.24 bits per heavy atom. The summed E-state index contributed by atoms with van der Waals surface area (Å²) in [6, 6.07) is 7.51. The first-order chi connectivity index (χ1) is 10.2. The number of fused-ring (bicyclic) bond motifs is 1. The molecule has 2 N–H and O–H groups in total. The zero-order valence-electron chi connectivity index (χ0n) is 12.2. The van der Waals surface area contributed by atoms with Crippen molar-refractivity contribution in [3.63, 3.8) is 0 Å². The van der Waals surface area contributed by atoms with E-state index in [-0.39, 0.29) is 0 Å². The van der Waals surface area contributed by atoms with Gasteiger partial charge in [-0.25, -0.2) is 0 Å². The van der Waals surface area contributed by atoms with E-state index in [0.717, 1.165) is 18.6 Å². The fourth-order valence-electron chi connectivity index (χ4n) is 2.28. The average molecular weight is 289 g/mol. The summed E-state index contributed by atoms with van der Waals surface area (Å²) in [4.78, 5) is 4.41. The Labute approximate surface area is 123 Å². The molecule has 1 aliphatic rings. The van der Waals surface area contributed by atoms with E-state index in [1.807, 2.05) is 38.1 Å². The highest BCUT2D eigenvalue weighted by Gasteiger charge is 2.33. The molecular formula is C15H19N3O3. The maximum absolute atomic E-state index is 6.28. The maximum Gasteiger partial charge on any atom is 0.271 e. The van der Waals surface area contributed by atoms with Gasteiger partial charge in [-0.1, -0.05) is 31.1 Å². The standard InChI is InChI=1S/C15H19N3O3/c1-3-15(16,4-2)14-17-13(21-18-14)12-9-19-10-7-5-6-8-11(10)20-12/h5-8,12H,3-4,9,16H2,1-2H3. The average Bonchev–Trinajstić information content (AvgIpc) is 3.04. The van der Waals surface area contributed by atoms with E-state index < -0.39 is 11.6 Å². The second kappa shape index (κ2) is 5.37. The van der Waals surface area contributed by atoms with Gasteiger partial charge in [0.05, 0.1) is 5.54 Å². The summed E-state index contributed by atoms with van der Waals surface area (Å²) in [5.74, 6) is 2.32. The number of benzene rings is 1. The summed E-state index contributed by atoms with van der Waals surface area (Å²) in [6.45, 7) is 4.36. The Balaban J connectivity index is 1.82. The van der Waals surface area contributed by atoms with Crippen LogP contribution >= 0.6 is 0 Å². The van der Waals surface area contributed by atoms with Crippen molar-refractivity contribution in [2.24, 2.45) is 5.73 Å². The van der Waals surface area contributed by atoms with Gasteiger partial charge < -0.3 is 19.7 Å². The molecule has 1 aromatic carbocycles. The molecule has 0 aliphatic carbocycles. The first kappa shape index (κ1) is 13.9. The molecule has 0 amide bonds. The van der Waals surface area contributed by atoms with Crippen molar-refractivity contribution in [2.75, 3.05) is 6.61 Å². The molecule has 6 nitrogen and oxygen atoms in total. The molecule has 0 spiro atoms. The molecule has 0 fully saturated rings. The molecule has 1 aliphatic heterocycles. The molecule has 0 radical (unpaired) electrons. The molecule has 1 aromatic heterocycles. The van der Waals surface area contributed by atoms with Crippen LogP contribution in [0.25, 0.3) is 0 Å². The van der Waals surface area contributed by atoms with Gasteiger partial charge in [0.1, 0.15) is 6.61 Å². The third-order valence-corrected chi connectivity index (χ3v) is 3.93. The lowest BCUT2D eigenvalue weighted by atomic mass is 9.93. The Bertz CT molecular complexity index is 622. The zero-order chi connectivity index (χ0) is 14.9. The van der Waals surface area contributed by atoms with Crippen molar-refractivity contribution in [3.8, 4) is 11.5 Å². The van der Waals surface area contributed by atoms with Gasteiger partial charge in [-0.15, -0.1) is 0 Å². The largest absolute Gasteiger partial charge is 0.485 e. The highest BCUT2D eigenvalue weighted by molar-refractivity contribution is 5.40. The summed E-state index contributed by atoms with van der Waals surface area (Å²) in [5, 5.41) is 4.01. The SMILES string of the molecule is CCC(N)(CC)c1noc(C2COc3ccccc3O2)n1. The highest BCUT2D eigenvalue weighted by Crippen LogP contribution is 2.35. The number of aromatic nitrogens is 2. The second-order valence-corrected chi connectivity index (χ2v) is 5.18. The number of ether oxygens (including phenoxy) is 2. The van der Waals surface area contributed by atoms with E-state index >= 15 is 0 Å². The lowest BCUT2D eigenvalue weighted by Crippen LogP contribution is -2.36. The zero-order valence-corrected chi connectivity index (χ0v) is 12.2. The number of rotatable bonds is 4. The summed E-state index contributed by atoms with van der Waals surface area (Å²) in [5.41, 5.74) is 5.72. The van der Waals surface area contributed by atoms with Crippen molar-refractivity contribution in [1.82, 2.24) is 10.1 Å². The number of hydrogen-bond donors (Lipinski definition) is 1. The molecule has 6 heteroatoms. The molecule has 0 saturated carbocycles. The maximum atomic E-state index is 6.28. The Kier molecular flexibility index (Phi) is 3.55. The van der Waals surface area contributed by atoms with Crippen molar-refractivity contribution < 1.29 is 14.0 Å². The smallest absolute Gasteiger partial charge is 0.271 e. The van der Waals surface area contributed by atoms with Gasteiger partial charge in [-0.3, -0.25) is 0 Å². The molecule has 0 saturated heterocycles. The van der Waals surface area contributed by atoms with Gasteiger partial charge in [-0.05, 0) is 25.0 Å².